The number of thioether (sulfide) groups is 1. The minimum atomic E-state index is -1.83. The molecule has 0 spiro atoms. The number of amides is 4. The molecule has 0 aromatic heterocycles. The van der Waals surface area contributed by atoms with Gasteiger partial charge in [-0.25, -0.2) is 13.6 Å². The van der Waals surface area contributed by atoms with Gasteiger partial charge >= 0.3 is 12.0 Å². The average molecular weight is 579 g/mol. The normalized spacial score (nSPS) is 19.7. The number of hydrogen-bond acceptors (Lipinski definition) is 7. The molecule has 39 heavy (non-hydrogen) atoms. The number of unbranched alkanes of at least 4 members (excludes halogenated alkanes) is 1. The van der Waals surface area contributed by atoms with Crippen LogP contribution in [-0.4, -0.2) is 73.2 Å². The molecule has 0 saturated carbocycles. The molecule has 2 heterocycles. The van der Waals surface area contributed by atoms with Gasteiger partial charge in [-0.2, -0.15) is 20.5 Å². The van der Waals surface area contributed by atoms with Crippen molar-refractivity contribution in [2.24, 2.45) is 0 Å². The number of fused-ring (bicyclic) bond motifs is 1. The lowest BCUT2D eigenvalue weighted by Gasteiger charge is -2.16. The van der Waals surface area contributed by atoms with E-state index in [-0.39, 0.29) is 68.7 Å². The van der Waals surface area contributed by atoms with Crippen molar-refractivity contribution in [3.05, 3.63) is 29.3 Å². The van der Waals surface area contributed by atoms with Crippen molar-refractivity contribution in [2.75, 3.05) is 32.1 Å². The van der Waals surface area contributed by atoms with Gasteiger partial charge < -0.3 is 30.7 Å². The van der Waals surface area contributed by atoms with Crippen molar-refractivity contribution in [1.82, 2.24) is 21.3 Å². The number of carbonyl (C=O) groups excluding carboxylic acids is 4. The van der Waals surface area contributed by atoms with E-state index < -0.39 is 41.4 Å². The molecule has 0 aliphatic carbocycles. The number of benzene rings is 1. The first kappa shape index (κ1) is 30.5. The Hall–Kier alpha value is -3.07. The summed E-state index contributed by atoms with van der Waals surface area (Å²) in [6.07, 6.45) is 2.37. The molecular formula is C24H30F4N4O6S. The van der Waals surface area contributed by atoms with Crippen LogP contribution in [0.15, 0.2) is 6.07 Å². The van der Waals surface area contributed by atoms with E-state index in [4.69, 9.17) is 4.74 Å². The van der Waals surface area contributed by atoms with Gasteiger partial charge in [0.15, 0.2) is 11.6 Å². The van der Waals surface area contributed by atoms with Crippen LogP contribution in [0.5, 0.6) is 5.75 Å². The van der Waals surface area contributed by atoms with Crippen LogP contribution in [0.3, 0.4) is 0 Å². The third-order valence-corrected chi connectivity index (χ3v) is 7.57. The highest BCUT2D eigenvalue weighted by Gasteiger charge is 2.42. The molecule has 2 saturated heterocycles. The Morgan fingerprint density at radius 1 is 0.923 bits per heavy atom. The van der Waals surface area contributed by atoms with Crippen LogP contribution in [0.1, 0.15) is 38.5 Å². The summed E-state index contributed by atoms with van der Waals surface area (Å²) in [6.45, 7) is 0.149. The second kappa shape index (κ2) is 14.9. The lowest BCUT2D eigenvalue weighted by atomic mass is 10.0. The van der Waals surface area contributed by atoms with Crippen molar-refractivity contribution >= 4 is 35.6 Å². The minimum Gasteiger partial charge on any atom is -0.420 e. The van der Waals surface area contributed by atoms with Gasteiger partial charge in [-0.3, -0.25) is 14.4 Å². The first-order chi connectivity index (χ1) is 18.7. The number of ether oxygens (including phenoxy) is 2. The van der Waals surface area contributed by atoms with Crippen molar-refractivity contribution in [3.8, 4) is 5.75 Å². The molecule has 2 aliphatic heterocycles. The molecule has 0 unspecified atom stereocenters. The van der Waals surface area contributed by atoms with E-state index in [2.05, 4.69) is 26.0 Å². The molecule has 1 aromatic carbocycles. The second-order valence-corrected chi connectivity index (χ2v) is 10.2. The number of carbonyl (C=O) groups is 4. The number of nitrogens with one attached hydrogen (secondary N) is 4. The third kappa shape index (κ3) is 9.27. The SMILES string of the molecule is O=C(CCCC[C@@H]1SC[C@@H]2NC(=O)N[C@@H]21)NCCNC(=O)CCOCCC(=O)Oc1c(F)c(F)cc(F)c1F. The molecule has 216 valence electrons. The Labute approximate surface area is 226 Å². The van der Waals surface area contributed by atoms with Gasteiger partial charge in [-0.15, -0.1) is 0 Å². The van der Waals surface area contributed by atoms with Crippen LogP contribution in [-0.2, 0) is 19.1 Å². The van der Waals surface area contributed by atoms with E-state index in [1.165, 1.54) is 0 Å². The summed E-state index contributed by atoms with van der Waals surface area (Å²) in [7, 11) is 0. The van der Waals surface area contributed by atoms with Crippen LogP contribution in [0.2, 0.25) is 0 Å². The molecule has 4 N–H and O–H groups in total. The standard InChI is InChI=1S/C24H30F4N4O6S/c25-13-11-14(26)21(28)23(20(13)27)38-19(35)6-10-37-9-5-18(34)30-8-7-29-17(33)4-2-1-3-16-22-15(12-39-16)31-24(36)32-22/h11,15-16,22H,1-10,12H2,(H,29,33)(H,30,34)(H2,31,32,36)/t15-,16-,22-/m0/s1. The quantitative estimate of drug-likeness (QED) is 0.0624. The molecule has 0 bridgehead atoms. The zero-order valence-electron chi connectivity index (χ0n) is 21.0. The van der Waals surface area contributed by atoms with E-state index in [1.807, 2.05) is 11.8 Å². The summed E-state index contributed by atoms with van der Waals surface area (Å²) >= 11 is 1.83. The maximum atomic E-state index is 13.5. The molecule has 0 radical (unpaired) electrons. The van der Waals surface area contributed by atoms with E-state index in [0.29, 0.717) is 11.7 Å². The Morgan fingerprint density at radius 2 is 1.56 bits per heavy atom. The summed E-state index contributed by atoms with van der Waals surface area (Å²) in [5, 5.41) is 11.5. The third-order valence-electron chi connectivity index (χ3n) is 6.06. The number of rotatable bonds is 15. The van der Waals surface area contributed by atoms with Crippen LogP contribution in [0.4, 0.5) is 22.4 Å². The molecule has 10 nitrogen and oxygen atoms in total. The molecule has 15 heteroatoms. The zero-order chi connectivity index (χ0) is 28.4. The summed E-state index contributed by atoms with van der Waals surface area (Å²) in [5.41, 5.74) is 0. The topological polar surface area (TPSA) is 135 Å². The average Bonchev–Trinajstić information content (AvgIpc) is 3.44. The number of halogens is 4. The molecule has 3 rings (SSSR count). The van der Waals surface area contributed by atoms with E-state index in [1.54, 1.807) is 0 Å². The van der Waals surface area contributed by atoms with Crippen LogP contribution in [0.25, 0.3) is 0 Å². The number of hydrogen-bond donors (Lipinski definition) is 4. The highest BCUT2D eigenvalue weighted by Crippen LogP contribution is 2.33. The highest BCUT2D eigenvalue weighted by atomic mass is 32.2. The predicted octanol–water partition coefficient (Wildman–Crippen LogP) is 1.90. The van der Waals surface area contributed by atoms with Gasteiger partial charge in [0.25, 0.3) is 0 Å². The molecule has 2 fully saturated rings. The van der Waals surface area contributed by atoms with Crippen molar-refractivity contribution in [3.63, 3.8) is 0 Å². The summed E-state index contributed by atoms with van der Waals surface area (Å²) in [5.74, 6) is -9.28. The smallest absolute Gasteiger partial charge is 0.315 e. The van der Waals surface area contributed by atoms with Crippen LogP contribution >= 0.6 is 11.8 Å². The predicted molar refractivity (Wildman–Crippen MR) is 132 cm³/mol. The van der Waals surface area contributed by atoms with Crippen molar-refractivity contribution in [2.45, 2.75) is 55.9 Å². The lowest BCUT2D eigenvalue weighted by Crippen LogP contribution is -2.36. The number of esters is 1. The summed E-state index contributed by atoms with van der Waals surface area (Å²) in [4.78, 5) is 46.8. The van der Waals surface area contributed by atoms with Crippen LogP contribution in [0, 0.1) is 23.3 Å². The van der Waals surface area contributed by atoms with Gasteiger partial charge in [0.05, 0.1) is 31.7 Å². The van der Waals surface area contributed by atoms with Gasteiger partial charge in [0.2, 0.25) is 29.2 Å². The monoisotopic (exact) mass is 578 g/mol. The lowest BCUT2D eigenvalue weighted by molar-refractivity contribution is -0.136. The van der Waals surface area contributed by atoms with Gasteiger partial charge in [0.1, 0.15) is 0 Å². The van der Waals surface area contributed by atoms with E-state index >= 15 is 0 Å². The fourth-order valence-corrected chi connectivity index (χ4v) is 5.63. The first-order valence-electron chi connectivity index (χ1n) is 12.5. The Bertz CT molecular complexity index is 1040. The molecule has 4 amide bonds. The largest absolute Gasteiger partial charge is 0.420 e. The Balaban J connectivity index is 1.16. The Kier molecular flexibility index (Phi) is 11.7. The molecule has 3 atom stereocenters. The van der Waals surface area contributed by atoms with Gasteiger partial charge in [-0.1, -0.05) is 6.42 Å². The number of urea groups is 1. The minimum absolute atomic E-state index is 0.00584. The Morgan fingerprint density at radius 3 is 2.26 bits per heavy atom. The van der Waals surface area contributed by atoms with Gasteiger partial charge in [0, 0.05) is 43.0 Å². The zero-order valence-corrected chi connectivity index (χ0v) is 21.8. The maximum absolute atomic E-state index is 13.5. The summed E-state index contributed by atoms with van der Waals surface area (Å²) in [6, 6.07) is 0.209. The molecule has 1 aromatic rings. The van der Waals surface area contributed by atoms with Crippen molar-refractivity contribution in [1.29, 1.82) is 0 Å². The highest BCUT2D eigenvalue weighted by molar-refractivity contribution is 8.00. The van der Waals surface area contributed by atoms with E-state index in [0.717, 1.165) is 25.0 Å². The summed E-state index contributed by atoms with van der Waals surface area (Å²) < 4.78 is 62.7. The molecule has 2 aliphatic rings. The molecular weight excluding hydrogens is 548 g/mol. The van der Waals surface area contributed by atoms with Crippen LogP contribution < -0.4 is 26.0 Å². The van der Waals surface area contributed by atoms with E-state index in [9.17, 15) is 36.7 Å². The fraction of sp³-hybridized carbons (Fsp3) is 0.583. The van der Waals surface area contributed by atoms with Crippen molar-refractivity contribution < 1.29 is 46.2 Å². The van der Waals surface area contributed by atoms with Gasteiger partial charge in [-0.05, 0) is 12.8 Å². The first-order valence-corrected chi connectivity index (χ1v) is 13.5. The fourth-order valence-electron chi connectivity index (χ4n) is 4.08. The maximum Gasteiger partial charge on any atom is 0.315 e. The second-order valence-electron chi connectivity index (χ2n) is 8.95.